The zero-order valence-electron chi connectivity index (χ0n) is 13.3. The van der Waals surface area contributed by atoms with Crippen molar-refractivity contribution >= 4 is 0 Å². The molecule has 2 fully saturated rings. The minimum absolute atomic E-state index is 0.725. The van der Waals surface area contributed by atoms with Crippen LogP contribution >= 0.6 is 0 Å². The summed E-state index contributed by atoms with van der Waals surface area (Å²) in [4.78, 5) is 2.32. The number of rotatable bonds is 6. The van der Waals surface area contributed by atoms with Crippen molar-refractivity contribution in [2.75, 3.05) is 13.2 Å². The Balaban J connectivity index is 2.24. The second-order valence-corrected chi connectivity index (χ2v) is 5.92. The first kappa shape index (κ1) is 21.2. The maximum Gasteiger partial charge on any atom is 0.224 e. The van der Waals surface area contributed by atoms with E-state index >= 15 is 0 Å². The number of hydrogen-bond donors (Lipinski definition) is 8. The molecule has 2 heterocycles. The van der Waals surface area contributed by atoms with Gasteiger partial charge in [0.15, 0.2) is 12.5 Å². The van der Waals surface area contributed by atoms with E-state index < -0.39 is 74.2 Å². The molecule has 14 heteroatoms. The van der Waals surface area contributed by atoms with E-state index in [1.807, 2.05) is 0 Å². The molecule has 0 aromatic carbocycles. The van der Waals surface area contributed by atoms with Crippen LogP contribution < -0.4 is 0 Å². The number of aliphatic hydroxyl groups is 8. The molecule has 0 radical (unpaired) electrons. The van der Waals surface area contributed by atoms with Crippen LogP contribution in [0.15, 0.2) is 5.11 Å². The van der Waals surface area contributed by atoms with Crippen molar-refractivity contribution in [2.24, 2.45) is 5.11 Å². The lowest BCUT2D eigenvalue weighted by atomic mass is 9.97. The van der Waals surface area contributed by atoms with E-state index in [9.17, 15) is 35.7 Å². The van der Waals surface area contributed by atoms with Gasteiger partial charge in [-0.2, -0.15) is 0 Å². The molecule has 0 saturated carbocycles. The van der Waals surface area contributed by atoms with E-state index in [-0.39, 0.29) is 0 Å². The van der Waals surface area contributed by atoms with Crippen LogP contribution in [0.4, 0.5) is 0 Å². The topological polar surface area (TPSA) is 238 Å². The lowest BCUT2D eigenvalue weighted by molar-refractivity contribution is -0.387. The fraction of sp³-hybridized carbons (Fsp3) is 1.00. The van der Waals surface area contributed by atoms with Gasteiger partial charge in [0.05, 0.1) is 6.61 Å². The Hall–Kier alpha value is -1.13. The standard InChI is InChI=1S/C12H21N3O11/c13-15-14-10(23)8-6(20)5(19)7(21)11(24-8)26-12(2-17)9(22)4(18)3(1-16)25-12/h3-11,16-23H,1-2H2/t3-,4-,5+,6+,7-,8+,9+,10?,11-,12?/m1/s1. The van der Waals surface area contributed by atoms with Gasteiger partial charge in [-0.1, -0.05) is 5.11 Å². The van der Waals surface area contributed by atoms with Crippen LogP contribution in [0, 0.1) is 0 Å². The molecule has 0 aromatic heterocycles. The molecule has 0 aliphatic carbocycles. The van der Waals surface area contributed by atoms with Crippen molar-refractivity contribution in [3.8, 4) is 0 Å². The molecule has 150 valence electrons. The van der Waals surface area contributed by atoms with Crippen molar-refractivity contribution in [3.63, 3.8) is 0 Å². The Labute approximate surface area is 146 Å². The van der Waals surface area contributed by atoms with E-state index in [0.717, 1.165) is 0 Å². The third kappa shape index (κ3) is 3.63. The lowest BCUT2D eigenvalue weighted by Gasteiger charge is -2.44. The summed E-state index contributed by atoms with van der Waals surface area (Å²) >= 11 is 0. The summed E-state index contributed by atoms with van der Waals surface area (Å²) in [6.07, 6.45) is -16.1. The van der Waals surface area contributed by atoms with Gasteiger partial charge >= 0.3 is 0 Å². The summed E-state index contributed by atoms with van der Waals surface area (Å²) in [5.41, 5.74) is 8.35. The van der Waals surface area contributed by atoms with Crippen LogP contribution in [0.3, 0.4) is 0 Å². The van der Waals surface area contributed by atoms with Gasteiger partial charge in [0.2, 0.25) is 5.79 Å². The SMILES string of the molecule is [N-]=[N+]=NC(O)[C@H]1O[C@H](OC2(CO)O[C@H](CO)[C@@H](O)[C@@H]2O)[C@H](O)[C@@H](O)[C@@H]1O. The van der Waals surface area contributed by atoms with Gasteiger partial charge in [-0.3, -0.25) is 0 Å². The number of azide groups is 1. The van der Waals surface area contributed by atoms with Gasteiger partial charge in [0.1, 0.15) is 49.3 Å². The molecule has 2 aliphatic heterocycles. The van der Waals surface area contributed by atoms with Gasteiger partial charge < -0.3 is 55.1 Å². The van der Waals surface area contributed by atoms with Crippen molar-refractivity contribution in [1.82, 2.24) is 0 Å². The summed E-state index contributed by atoms with van der Waals surface area (Å²) in [6, 6.07) is 0. The van der Waals surface area contributed by atoms with Crippen molar-refractivity contribution < 1.29 is 55.1 Å². The first-order valence-electron chi connectivity index (χ1n) is 7.57. The third-order valence-electron chi connectivity index (χ3n) is 4.29. The molecule has 2 saturated heterocycles. The summed E-state index contributed by atoms with van der Waals surface area (Å²) in [7, 11) is 0. The number of aliphatic hydroxyl groups excluding tert-OH is 8. The van der Waals surface area contributed by atoms with Crippen LogP contribution in [-0.4, -0.2) is 115 Å². The van der Waals surface area contributed by atoms with Crippen LogP contribution in [0.1, 0.15) is 0 Å². The van der Waals surface area contributed by atoms with E-state index in [1.165, 1.54) is 0 Å². The molecule has 14 nitrogen and oxygen atoms in total. The van der Waals surface area contributed by atoms with Crippen LogP contribution in [0.2, 0.25) is 0 Å². The Morgan fingerprint density at radius 3 is 2.23 bits per heavy atom. The molecule has 0 aromatic rings. The first-order chi connectivity index (χ1) is 12.2. The van der Waals surface area contributed by atoms with E-state index in [1.54, 1.807) is 0 Å². The molecule has 10 atom stereocenters. The van der Waals surface area contributed by atoms with Gasteiger partial charge in [-0.05, 0) is 5.53 Å². The molecule has 2 aliphatic rings. The summed E-state index contributed by atoms with van der Waals surface area (Å²) < 4.78 is 15.4. The zero-order valence-corrected chi connectivity index (χ0v) is 13.3. The van der Waals surface area contributed by atoms with Gasteiger partial charge in [0.25, 0.3) is 0 Å². The predicted molar refractivity (Wildman–Crippen MR) is 76.7 cm³/mol. The molecule has 2 rings (SSSR count). The maximum absolute atomic E-state index is 10.1. The minimum Gasteiger partial charge on any atom is -0.394 e. The van der Waals surface area contributed by atoms with E-state index in [4.69, 9.17) is 24.8 Å². The van der Waals surface area contributed by atoms with Gasteiger partial charge in [0, 0.05) is 4.91 Å². The smallest absolute Gasteiger partial charge is 0.224 e. The Morgan fingerprint density at radius 2 is 1.73 bits per heavy atom. The highest BCUT2D eigenvalue weighted by Crippen LogP contribution is 2.36. The van der Waals surface area contributed by atoms with Crippen LogP contribution in [0.25, 0.3) is 10.4 Å². The lowest BCUT2D eigenvalue weighted by Crippen LogP contribution is -2.63. The van der Waals surface area contributed by atoms with E-state index in [0.29, 0.717) is 0 Å². The molecule has 2 unspecified atom stereocenters. The molecule has 26 heavy (non-hydrogen) atoms. The fourth-order valence-corrected chi connectivity index (χ4v) is 2.80. The molecule has 0 bridgehead atoms. The van der Waals surface area contributed by atoms with Crippen LogP contribution in [0.5, 0.6) is 0 Å². The number of ether oxygens (including phenoxy) is 3. The van der Waals surface area contributed by atoms with Gasteiger partial charge in [-0.25, -0.2) is 0 Å². The number of hydrogen-bond acceptors (Lipinski definition) is 12. The van der Waals surface area contributed by atoms with Crippen molar-refractivity contribution in [2.45, 2.75) is 61.0 Å². The van der Waals surface area contributed by atoms with Crippen molar-refractivity contribution in [1.29, 1.82) is 0 Å². The Kier molecular flexibility index (Phi) is 6.73. The normalized spacial score (nSPS) is 47.4. The fourth-order valence-electron chi connectivity index (χ4n) is 2.80. The molecule has 8 N–H and O–H groups in total. The highest BCUT2D eigenvalue weighted by molar-refractivity contribution is 4.99. The third-order valence-corrected chi connectivity index (χ3v) is 4.29. The Morgan fingerprint density at radius 1 is 1.08 bits per heavy atom. The van der Waals surface area contributed by atoms with Gasteiger partial charge in [-0.15, -0.1) is 0 Å². The molecule has 0 spiro atoms. The molecular weight excluding hydrogens is 362 g/mol. The average Bonchev–Trinajstić information content (AvgIpc) is 2.87. The van der Waals surface area contributed by atoms with Crippen LogP contribution in [-0.2, 0) is 14.2 Å². The summed E-state index contributed by atoms with van der Waals surface area (Å²) in [6.45, 7) is -1.77. The highest BCUT2D eigenvalue weighted by atomic mass is 16.8. The monoisotopic (exact) mass is 383 g/mol. The Bertz CT molecular complexity index is 535. The second kappa shape index (κ2) is 8.26. The van der Waals surface area contributed by atoms with E-state index in [2.05, 4.69) is 10.0 Å². The number of nitrogens with zero attached hydrogens (tertiary/aromatic N) is 3. The second-order valence-electron chi connectivity index (χ2n) is 5.92. The predicted octanol–water partition coefficient (Wildman–Crippen LogP) is -4.76. The van der Waals surface area contributed by atoms with Crippen molar-refractivity contribution in [3.05, 3.63) is 10.4 Å². The summed E-state index contributed by atoms with van der Waals surface area (Å²) in [5, 5.41) is 80.9. The maximum atomic E-state index is 10.1. The zero-order chi connectivity index (χ0) is 19.6. The quantitative estimate of drug-likeness (QED) is 0.123. The highest BCUT2D eigenvalue weighted by Gasteiger charge is 2.58. The minimum atomic E-state index is -2.34. The largest absolute Gasteiger partial charge is 0.394 e. The average molecular weight is 383 g/mol. The molecule has 0 amide bonds. The summed E-state index contributed by atoms with van der Waals surface area (Å²) in [5.74, 6) is -2.34. The first-order valence-corrected chi connectivity index (χ1v) is 7.57. The molecular formula is C12H21N3O11.